The van der Waals surface area contributed by atoms with E-state index in [0.29, 0.717) is 0 Å². The summed E-state index contributed by atoms with van der Waals surface area (Å²) in [6.07, 6.45) is -16.8. The van der Waals surface area contributed by atoms with Crippen molar-refractivity contribution in [3.05, 3.63) is 0 Å². The molecule has 0 bridgehead atoms. The number of rotatable bonds is 4. The zero-order valence-electron chi connectivity index (χ0n) is 11.9. The van der Waals surface area contributed by atoms with Crippen molar-refractivity contribution >= 4 is 0 Å². The lowest BCUT2D eigenvalue weighted by atomic mass is 9.97. The molecule has 0 radical (unpaired) electrons. The van der Waals surface area contributed by atoms with Crippen molar-refractivity contribution in [1.29, 1.82) is 0 Å². The van der Waals surface area contributed by atoms with Crippen molar-refractivity contribution in [2.75, 3.05) is 13.2 Å². The van der Waals surface area contributed by atoms with Gasteiger partial charge in [0.15, 0.2) is 6.29 Å². The molecule has 2 aliphatic heterocycles. The summed E-state index contributed by atoms with van der Waals surface area (Å²) in [6, 6.07) is 0. The van der Waals surface area contributed by atoms with E-state index in [-0.39, 0.29) is 0 Å². The summed E-state index contributed by atoms with van der Waals surface area (Å²) in [6.45, 7) is -1.45. The number of halogens is 1. The standard InChI is InChI=1S/C12H21FO10/c13-11-8(19)7(18)10(4(2-15)21-11)23-12-9(20)6(17)5(16)3(1-14)22-12/h3-12,14-20H,1-2H2/t3?,4?,5-,6?,7?,8?,9?,10+,11?,12-/m0/s1. The molecule has 0 amide bonds. The lowest BCUT2D eigenvalue weighted by Gasteiger charge is -2.44. The van der Waals surface area contributed by atoms with Crippen LogP contribution >= 0.6 is 0 Å². The van der Waals surface area contributed by atoms with Gasteiger partial charge >= 0.3 is 0 Å². The number of aliphatic hydroxyl groups excluding tert-OH is 7. The van der Waals surface area contributed by atoms with Gasteiger partial charge in [-0.1, -0.05) is 0 Å². The smallest absolute Gasteiger partial charge is 0.228 e. The van der Waals surface area contributed by atoms with E-state index < -0.39 is 74.7 Å². The van der Waals surface area contributed by atoms with E-state index in [9.17, 15) is 35.0 Å². The number of aliphatic hydroxyl groups is 7. The average Bonchev–Trinajstić information content (AvgIpc) is 2.55. The Bertz CT molecular complexity index is 383. The Hall–Kier alpha value is -0.470. The van der Waals surface area contributed by atoms with Gasteiger partial charge in [-0.05, 0) is 0 Å². The first kappa shape index (κ1) is 18.9. The maximum absolute atomic E-state index is 13.3. The molecule has 2 heterocycles. The zero-order valence-corrected chi connectivity index (χ0v) is 11.9. The molecule has 2 rings (SSSR count). The van der Waals surface area contributed by atoms with Gasteiger partial charge in [-0.2, -0.15) is 0 Å². The summed E-state index contributed by atoms with van der Waals surface area (Å²) < 4.78 is 28.3. The van der Waals surface area contributed by atoms with Crippen LogP contribution in [-0.2, 0) is 14.2 Å². The molecule has 0 saturated carbocycles. The van der Waals surface area contributed by atoms with Gasteiger partial charge in [0.25, 0.3) is 0 Å². The summed E-state index contributed by atoms with van der Waals surface area (Å²) in [5, 5.41) is 66.8. The molecule has 0 spiro atoms. The number of hydrogen-bond donors (Lipinski definition) is 7. The minimum absolute atomic E-state index is 0.687. The van der Waals surface area contributed by atoms with Crippen molar-refractivity contribution < 1.29 is 54.3 Å². The van der Waals surface area contributed by atoms with Gasteiger partial charge in [-0.15, -0.1) is 0 Å². The highest BCUT2D eigenvalue weighted by Gasteiger charge is 2.50. The van der Waals surface area contributed by atoms with Crippen molar-refractivity contribution in [3.63, 3.8) is 0 Å². The van der Waals surface area contributed by atoms with E-state index in [2.05, 4.69) is 4.74 Å². The second-order valence-electron chi connectivity index (χ2n) is 5.49. The van der Waals surface area contributed by atoms with Gasteiger partial charge in [-0.25, -0.2) is 4.39 Å². The van der Waals surface area contributed by atoms with E-state index >= 15 is 0 Å². The van der Waals surface area contributed by atoms with Crippen LogP contribution in [0.5, 0.6) is 0 Å². The molecule has 10 nitrogen and oxygen atoms in total. The molecule has 0 aromatic carbocycles. The second-order valence-corrected chi connectivity index (χ2v) is 5.49. The highest BCUT2D eigenvalue weighted by Crippen LogP contribution is 2.29. The predicted molar refractivity (Wildman–Crippen MR) is 67.5 cm³/mol. The first-order chi connectivity index (χ1) is 10.8. The first-order valence-corrected chi connectivity index (χ1v) is 7.04. The highest BCUT2D eigenvalue weighted by atomic mass is 19.1. The molecule has 2 fully saturated rings. The van der Waals surface area contributed by atoms with Crippen molar-refractivity contribution in [2.24, 2.45) is 0 Å². The van der Waals surface area contributed by atoms with Crippen molar-refractivity contribution in [1.82, 2.24) is 0 Å². The maximum atomic E-state index is 13.3. The Balaban J connectivity index is 2.11. The van der Waals surface area contributed by atoms with Gasteiger partial charge in [0, 0.05) is 0 Å². The molecule has 2 saturated heterocycles. The van der Waals surface area contributed by atoms with E-state index in [1.165, 1.54) is 0 Å². The molecule has 0 aliphatic carbocycles. The van der Waals surface area contributed by atoms with Crippen LogP contribution in [-0.4, -0.2) is 110 Å². The van der Waals surface area contributed by atoms with Gasteiger partial charge in [-0.3, -0.25) is 0 Å². The fourth-order valence-electron chi connectivity index (χ4n) is 2.54. The summed E-state index contributed by atoms with van der Waals surface area (Å²) in [5.74, 6) is 0. The lowest BCUT2D eigenvalue weighted by molar-refractivity contribution is -0.349. The number of hydrogen-bond acceptors (Lipinski definition) is 10. The SMILES string of the molecule is OCC1O[C@@H](O[C@@H]2C(CO)OC(F)C(O)C2O)C(O)C(O)[C@H]1O. The van der Waals surface area contributed by atoms with Crippen LogP contribution in [0.25, 0.3) is 0 Å². The van der Waals surface area contributed by atoms with E-state index in [1.807, 2.05) is 0 Å². The second kappa shape index (κ2) is 7.61. The molecule has 23 heavy (non-hydrogen) atoms. The molecular formula is C12H21FO10. The van der Waals surface area contributed by atoms with E-state index in [1.54, 1.807) is 0 Å². The van der Waals surface area contributed by atoms with Crippen LogP contribution in [0.2, 0.25) is 0 Å². The fraction of sp³-hybridized carbons (Fsp3) is 1.00. The third-order valence-corrected chi connectivity index (χ3v) is 3.95. The quantitative estimate of drug-likeness (QED) is 0.264. The topological polar surface area (TPSA) is 169 Å². The molecule has 136 valence electrons. The van der Waals surface area contributed by atoms with Gasteiger partial charge in [0.05, 0.1) is 13.2 Å². The van der Waals surface area contributed by atoms with Crippen LogP contribution in [0.3, 0.4) is 0 Å². The van der Waals surface area contributed by atoms with E-state index in [4.69, 9.17) is 14.6 Å². The van der Waals surface area contributed by atoms with Crippen LogP contribution in [0.4, 0.5) is 4.39 Å². The Morgan fingerprint density at radius 2 is 1.35 bits per heavy atom. The first-order valence-electron chi connectivity index (χ1n) is 7.04. The molecular weight excluding hydrogens is 323 g/mol. The number of ether oxygens (including phenoxy) is 3. The van der Waals surface area contributed by atoms with Crippen LogP contribution in [0.15, 0.2) is 0 Å². The highest BCUT2D eigenvalue weighted by molar-refractivity contribution is 4.93. The van der Waals surface area contributed by atoms with Crippen LogP contribution < -0.4 is 0 Å². The summed E-state index contributed by atoms with van der Waals surface area (Å²) in [7, 11) is 0. The van der Waals surface area contributed by atoms with Crippen molar-refractivity contribution in [2.45, 2.75) is 61.5 Å². The largest absolute Gasteiger partial charge is 0.394 e. The molecule has 7 unspecified atom stereocenters. The fourth-order valence-corrected chi connectivity index (χ4v) is 2.54. The molecule has 7 N–H and O–H groups in total. The van der Waals surface area contributed by atoms with E-state index in [0.717, 1.165) is 0 Å². The van der Waals surface area contributed by atoms with Crippen molar-refractivity contribution in [3.8, 4) is 0 Å². The molecule has 0 aromatic rings. The summed E-state index contributed by atoms with van der Waals surface area (Å²) >= 11 is 0. The van der Waals surface area contributed by atoms with Crippen LogP contribution in [0, 0.1) is 0 Å². The molecule has 10 atom stereocenters. The Labute approximate surface area is 130 Å². The third kappa shape index (κ3) is 3.64. The third-order valence-electron chi connectivity index (χ3n) is 3.95. The molecule has 2 aliphatic rings. The minimum Gasteiger partial charge on any atom is -0.394 e. The minimum atomic E-state index is -2.24. The zero-order chi connectivity index (χ0) is 17.3. The maximum Gasteiger partial charge on any atom is 0.228 e. The van der Waals surface area contributed by atoms with Gasteiger partial charge in [0.2, 0.25) is 6.36 Å². The molecule has 11 heteroatoms. The number of alkyl halides is 1. The van der Waals surface area contributed by atoms with Gasteiger partial charge in [0.1, 0.15) is 48.8 Å². The molecule has 0 aromatic heterocycles. The van der Waals surface area contributed by atoms with Crippen LogP contribution in [0.1, 0.15) is 0 Å². The monoisotopic (exact) mass is 344 g/mol. The Morgan fingerprint density at radius 1 is 0.739 bits per heavy atom. The van der Waals surface area contributed by atoms with Gasteiger partial charge < -0.3 is 50.0 Å². The lowest BCUT2D eigenvalue weighted by Crippen LogP contribution is -2.64. The Kier molecular flexibility index (Phi) is 6.24. The summed E-state index contributed by atoms with van der Waals surface area (Å²) in [5.41, 5.74) is 0. The Morgan fingerprint density at radius 3 is 1.91 bits per heavy atom. The normalized spacial score (nSPS) is 51.7. The predicted octanol–water partition coefficient (Wildman–Crippen LogP) is -4.42. The average molecular weight is 344 g/mol. The summed E-state index contributed by atoms with van der Waals surface area (Å²) in [4.78, 5) is 0.